The van der Waals surface area contributed by atoms with Crippen LogP contribution in [0.3, 0.4) is 0 Å². The summed E-state index contributed by atoms with van der Waals surface area (Å²) in [5, 5.41) is 6.62. The largest absolute Gasteiger partial charge is 0.444 e. The fourth-order valence-corrected chi connectivity index (χ4v) is 1.19. The highest BCUT2D eigenvalue weighted by atomic mass is 32.1. The molecule has 0 aromatic carbocycles. The third-order valence-corrected chi connectivity index (χ3v) is 1.98. The van der Waals surface area contributed by atoms with Crippen molar-refractivity contribution in [3.63, 3.8) is 0 Å². The van der Waals surface area contributed by atoms with Crippen LogP contribution in [0.4, 0.5) is 0 Å². The highest BCUT2D eigenvalue weighted by Crippen LogP contribution is 2.03. The molecule has 14 heavy (non-hydrogen) atoms. The van der Waals surface area contributed by atoms with E-state index < -0.39 is 0 Å². The van der Waals surface area contributed by atoms with Gasteiger partial charge in [-0.15, -0.1) is 0 Å². The van der Waals surface area contributed by atoms with E-state index in [2.05, 4.69) is 15.6 Å². The first-order valence-corrected chi connectivity index (χ1v) is 5.12. The van der Waals surface area contributed by atoms with E-state index >= 15 is 0 Å². The molecule has 0 unspecified atom stereocenters. The van der Waals surface area contributed by atoms with Crippen LogP contribution in [0.1, 0.15) is 25.5 Å². The summed E-state index contributed by atoms with van der Waals surface area (Å²) in [5.41, 5.74) is 0. The van der Waals surface area contributed by atoms with E-state index in [1.165, 1.54) is 0 Å². The maximum Gasteiger partial charge on any atom is 0.213 e. The van der Waals surface area contributed by atoms with Gasteiger partial charge in [0.05, 0.1) is 12.7 Å². The first-order valence-electron chi connectivity index (χ1n) is 4.71. The molecule has 0 saturated heterocycles. The highest BCUT2D eigenvalue weighted by Gasteiger charge is 2.02. The Kier molecular flexibility index (Phi) is 4.39. The molecule has 0 amide bonds. The minimum absolute atomic E-state index is 0.534. The number of aryl methyl sites for hydroxylation is 1. The van der Waals surface area contributed by atoms with Crippen molar-refractivity contribution in [2.75, 3.05) is 6.54 Å². The predicted octanol–water partition coefficient (Wildman–Crippen LogP) is 1.22. The SMILES string of the molecule is CCNC(=S)NCc1ncc(CC)o1. The van der Waals surface area contributed by atoms with Crippen molar-refractivity contribution in [3.05, 3.63) is 17.8 Å². The Hall–Kier alpha value is -1.10. The molecule has 1 rings (SSSR count). The van der Waals surface area contributed by atoms with Crippen LogP contribution in [-0.4, -0.2) is 16.6 Å². The van der Waals surface area contributed by atoms with Crippen LogP contribution in [0, 0.1) is 0 Å². The van der Waals surface area contributed by atoms with Gasteiger partial charge in [0.15, 0.2) is 5.11 Å². The molecule has 0 fully saturated rings. The lowest BCUT2D eigenvalue weighted by Crippen LogP contribution is -2.34. The molecule has 1 heterocycles. The Morgan fingerprint density at radius 1 is 1.50 bits per heavy atom. The molecule has 4 nitrogen and oxygen atoms in total. The third kappa shape index (κ3) is 3.33. The van der Waals surface area contributed by atoms with Crippen molar-refractivity contribution >= 4 is 17.3 Å². The summed E-state index contributed by atoms with van der Waals surface area (Å²) in [6.45, 7) is 5.37. The second kappa shape index (κ2) is 5.59. The van der Waals surface area contributed by atoms with Gasteiger partial charge in [-0.3, -0.25) is 0 Å². The summed E-state index contributed by atoms with van der Waals surface area (Å²) >= 11 is 5.00. The van der Waals surface area contributed by atoms with Gasteiger partial charge in [-0.2, -0.15) is 0 Å². The van der Waals surface area contributed by atoms with E-state index in [0.29, 0.717) is 17.5 Å². The Morgan fingerprint density at radius 3 is 2.86 bits per heavy atom. The Morgan fingerprint density at radius 2 is 2.29 bits per heavy atom. The molecule has 0 aliphatic rings. The third-order valence-electron chi connectivity index (χ3n) is 1.69. The number of aromatic nitrogens is 1. The molecule has 5 heteroatoms. The van der Waals surface area contributed by atoms with Crippen LogP contribution >= 0.6 is 12.2 Å². The minimum atomic E-state index is 0.534. The lowest BCUT2D eigenvalue weighted by Gasteiger charge is -2.05. The molecule has 0 spiro atoms. The minimum Gasteiger partial charge on any atom is -0.444 e. The topological polar surface area (TPSA) is 50.1 Å². The summed E-state index contributed by atoms with van der Waals surface area (Å²) in [5.74, 6) is 1.57. The number of thiocarbonyl (C=S) groups is 1. The monoisotopic (exact) mass is 213 g/mol. The average molecular weight is 213 g/mol. The summed E-state index contributed by atoms with van der Waals surface area (Å²) in [6, 6.07) is 0. The van der Waals surface area contributed by atoms with E-state index in [0.717, 1.165) is 18.7 Å². The molecule has 0 aliphatic heterocycles. The second-order valence-corrected chi connectivity index (χ2v) is 3.20. The van der Waals surface area contributed by atoms with Crippen LogP contribution in [-0.2, 0) is 13.0 Å². The van der Waals surface area contributed by atoms with Gasteiger partial charge in [0.1, 0.15) is 5.76 Å². The van der Waals surface area contributed by atoms with Crippen molar-refractivity contribution in [2.24, 2.45) is 0 Å². The number of nitrogens with one attached hydrogen (secondary N) is 2. The van der Waals surface area contributed by atoms with Gasteiger partial charge in [-0.25, -0.2) is 4.98 Å². The summed E-state index contributed by atoms with van der Waals surface area (Å²) in [4.78, 5) is 4.10. The molecule has 0 aliphatic carbocycles. The molecule has 1 aromatic heterocycles. The van der Waals surface area contributed by atoms with E-state index in [9.17, 15) is 0 Å². The van der Waals surface area contributed by atoms with Crippen LogP contribution in [0.15, 0.2) is 10.6 Å². The Bertz CT molecular complexity index is 298. The van der Waals surface area contributed by atoms with Crippen LogP contribution in [0.5, 0.6) is 0 Å². The second-order valence-electron chi connectivity index (χ2n) is 2.79. The van der Waals surface area contributed by atoms with Gasteiger partial charge in [0.25, 0.3) is 0 Å². The average Bonchev–Trinajstić information content (AvgIpc) is 2.63. The predicted molar refractivity (Wildman–Crippen MR) is 59.0 cm³/mol. The number of oxazole rings is 1. The molecule has 0 radical (unpaired) electrons. The lowest BCUT2D eigenvalue weighted by molar-refractivity contribution is 0.453. The fraction of sp³-hybridized carbons (Fsp3) is 0.556. The standard InChI is InChI=1S/C9H15N3OS/c1-3-7-5-11-8(13-7)6-12-9(14)10-4-2/h5H,3-4,6H2,1-2H3,(H2,10,12,14). The van der Waals surface area contributed by atoms with Gasteiger partial charge in [0.2, 0.25) is 5.89 Å². The lowest BCUT2D eigenvalue weighted by atomic mass is 10.4. The zero-order chi connectivity index (χ0) is 10.4. The van der Waals surface area contributed by atoms with Gasteiger partial charge in [-0.1, -0.05) is 6.92 Å². The zero-order valence-electron chi connectivity index (χ0n) is 8.46. The van der Waals surface area contributed by atoms with Crippen molar-refractivity contribution in [1.82, 2.24) is 15.6 Å². The first kappa shape index (κ1) is 11.0. The number of hydrogen-bond acceptors (Lipinski definition) is 3. The van der Waals surface area contributed by atoms with Gasteiger partial charge in [0, 0.05) is 13.0 Å². The molecular formula is C9H15N3OS. The molecule has 1 aromatic rings. The number of nitrogens with zero attached hydrogens (tertiary/aromatic N) is 1. The van der Waals surface area contributed by atoms with Crippen molar-refractivity contribution in [2.45, 2.75) is 26.8 Å². The van der Waals surface area contributed by atoms with E-state index in [1.807, 2.05) is 13.8 Å². The van der Waals surface area contributed by atoms with Crippen molar-refractivity contribution < 1.29 is 4.42 Å². The van der Waals surface area contributed by atoms with Gasteiger partial charge in [-0.05, 0) is 19.1 Å². The van der Waals surface area contributed by atoms with Crippen LogP contribution < -0.4 is 10.6 Å². The Balaban J connectivity index is 2.34. The molecular weight excluding hydrogens is 198 g/mol. The summed E-state index contributed by atoms with van der Waals surface area (Å²) < 4.78 is 5.40. The quantitative estimate of drug-likeness (QED) is 0.737. The maximum atomic E-state index is 5.40. The maximum absolute atomic E-state index is 5.40. The molecule has 0 saturated carbocycles. The first-order chi connectivity index (χ1) is 6.76. The van der Waals surface area contributed by atoms with E-state index in [4.69, 9.17) is 16.6 Å². The molecule has 0 atom stereocenters. The summed E-state index contributed by atoms with van der Waals surface area (Å²) in [7, 11) is 0. The van der Waals surface area contributed by atoms with Crippen LogP contribution in [0.25, 0.3) is 0 Å². The van der Waals surface area contributed by atoms with Gasteiger partial charge < -0.3 is 15.1 Å². The molecule has 2 N–H and O–H groups in total. The van der Waals surface area contributed by atoms with Crippen molar-refractivity contribution in [1.29, 1.82) is 0 Å². The van der Waals surface area contributed by atoms with Crippen molar-refractivity contribution in [3.8, 4) is 0 Å². The van der Waals surface area contributed by atoms with Crippen LogP contribution in [0.2, 0.25) is 0 Å². The zero-order valence-corrected chi connectivity index (χ0v) is 9.28. The fourth-order valence-electron chi connectivity index (χ4n) is 0.972. The number of hydrogen-bond donors (Lipinski definition) is 2. The molecule has 78 valence electrons. The van der Waals surface area contributed by atoms with E-state index in [1.54, 1.807) is 6.20 Å². The number of rotatable bonds is 4. The smallest absolute Gasteiger partial charge is 0.213 e. The van der Waals surface area contributed by atoms with E-state index in [-0.39, 0.29) is 0 Å². The highest BCUT2D eigenvalue weighted by molar-refractivity contribution is 7.80. The Labute approximate surface area is 89.1 Å². The normalized spacial score (nSPS) is 9.86. The summed E-state index contributed by atoms with van der Waals surface area (Å²) in [6.07, 6.45) is 2.61. The molecule has 0 bridgehead atoms. The van der Waals surface area contributed by atoms with Gasteiger partial charge >= 0.3 is 0 Å².